The van der Waals surface area contributed by atoms with Crippen molar-refractivity contribution >= 4 is 40.0 Å². The van der Waals surface area contributed by atoms with Crippen molar-refractivity contribution in [3.8, 4) is 5.75 Å². The fourth-order valence-electron chi connectivity index (χ4n) is 1.25. The molecule has 1 aromatic carbocycles. The van der Waals surface area contributed by atoms with Crippen LogP contribution in [0.15, 0.2) is 22.4 Å². The molecule has 0 aliphatic rings. The number of carboxylic acids is 1. The number of phenols is 1. The minimum atomic E-state index is -1.15. The molecule has 1 heterocycles. The van der Waals surface area contributed by atoms with Crippen LogP contribution >= 0.6 is 24.0 Å². The van der Waals surface area contributed by atoms with E-state index >= 15 is 0 Å². The molecule has 14 heavy (non-hydrogen) atoms. The fourth-order valence-corrected chi connectivity index (χ4v) is 2.47. The Kier molecular flexibility index (Phi) is 2.13. The molecule has 0 fully saturated rings. The van der Waals surface area contributed by atoms with Gasteiger partial charge in [-0.3, -0.25) is 0 Å². The number of carbonyl (C=O) groups is 1. The Hall–Kier alpha value is -1.20. The van der Waals surface area contributed by atoms with Crippen LogP contribution in [0.5, 0.6) is 5.75 Å². The lowest BCUT2D eigenvalue weighted by Crippen LogP contribution is -1.96. The van der Waals surface area contributed by atoms with Crippen molar-refractivity contribution in [3.63, 3.8) is 0 Å². The first kappa shape index (κ1) is 9.36. The van der Waals surface area contributed by atoms with Gasteiger partial charge in [-0.1, -0.05) is 0 Å². The van der Waals surface area contributed by atoms with Crippen LogP contribution in [0, 0.1) is 0 Å². The van der Waals surface area contributed by atoms with Crippen LogP contribution < -0.4 is 0 Å². The molecule has 0 radical (unpaired) electrons. The van der Waals surface area contributed by atoms with E-state index in [0.29, 0.717) is 4.90 Å². The maximum atomic E-state index is 10.8. The quantitative estimate of drug-likeness (QED) is 0.655. The lowest BCUT2D eigenvalue weighted by Gasteiger charge is -2.03. The van der Waals surface area contributed by atoms with Crippen molar-refractivity contribution < 1.29 is 15.0 Å². The number of fused-ring (bicyclic) bond motifs is 1. The van der Waals surface area contributed by atoms with E-state index in [-0.39, 0.29) is 11.3 Å². The number of thiophene rings is 1. The van der Waals surface area contributed by atoms with Gasteiger partial charge >= 0.3 is 5.97 Å². The smallest absolute Gasteiger partial charge is 0.339 e. The fraction of sp³-hybridized carbons (Fsp3) is 0. The van der Waals surface area contributed by atoms with Gasteiger partial charge in [0.05, 0.1) is 4.90 Å². The van der Waals surface area contributed by atoms with Crippen molar-refractivity contribution in [1.82, 2.24) is 0 Å². The lowest BCUT2D eigenvalue weighted by molar-refractivity contribution is 0.0693. The Balaban J connectivity index is 2.87. The molecule has 2 aromatic rings. The van der Waals surface area contributed by atoms with Crippen LogP contribution in [0.3, 0.4) is 0 Å². The molecule has 0 unspecified atom stereocenters. The van der Waals surface area contributed by atoms with Crippen molar-refractivity contribution in [1.29, 1.82) is 0 Å². The highest BCUT2D eigenvalue weighted by molar-refractivity contribution is 7.80. The summed E-state index contributed by atoms with van der Waals surface area (Å²) in [5, 5.41) is 20.9. The van der Waals surface area contributed by atoms with E-state index in [1.165, 1.54) is 17.4 Å². The summed E-state index contributed by atoms with van der Waals surface area (Å²) in [5.74, 6) is -1.42. The molecule has 0 aliphatic heterocycles. The average Bonchev–Trinajstić information content (AvgIpc) is 2.58. The number of hydrogen-bond acceptors (Lipinski definition) is 4. The first-order valence-electron chi connectivity index (χ1n) is 3.76. The highest BCUT2D eigenvalue weighted by Gasteiger charge is 2.15. The van der Waals surface area contributed by atoms with Gasteiger partial charge in [-0.15, -0.1) is 24.0 Å². The Morgan fingerprint density at radius 2 is 2.21 bits per heavy atom. The molecule has 2 rings (SSSR count). The van der Waals surface area contributed by atoms with Crippen LogP contribution in [-0.2, 0) is 0 Å². The molecule has 3 nitrogen and oxygen atoms in total. The van der Waals surface area contributed by atoms with Gasteiger partial charge in [0.2, 0.25) is 0 Å². The summed E-state index contributed by atoms with van der Waals surface area (Å²) in [5.41, 5.74) is -0.107. The molecule has 0 atom stereocenters. The van der Waals surface area contributed by atoms with Gasteiger partial charge in [0.1, 0.15) is 11.3 Å². The average molecular weight is 226 g/mol. The Bertz CT molecular complexity index is 516. The van der Waals surface area contributed by atoms with Gasteiger partial charge in [0.15, 0.2) is 0 Å². The third-order valence-corrected chi connectivity index (χ3v) is 3.25. The van der Waals surface area contributed by atoms with Crippen molar-refractivity contribution in [3.05, 3.63) is 23.1 Å². The highest BCUT2D eigenvalue weighted by Crippen LogP contribution is 2.36. The topological polar surface area (TPSA) is 57.5 Å². The number of thiol groups is 1. The van der Waals surface area contributed by atoms with E-state index in [9.17, 15) is 9.90 Å². The minimum Gasteiger partial charge on any atom is -0.506 e. The zero-order valence-corrected chi connectivity index (χ0v) is 8.60. The molecule has 0 spiro atoms. The van der Waals surface area contributed by atoms with Crippen LogP contribution in [0.25, 0.3) is 10.1 Å². The van der Waals surface area contributed by atoms with Gasteiger partial charge in [0.25, 0.3) is 0 Å². The molecule has 0 saturated heterocycles. The molecule has 72 valence electrons. The highest BCUT2D eigenvalue weighted by atomic mass is 32.1. The van der Waals surface area contributed by atoms with Crippen molar-refractivity contribution in [2.24, 2.45) is 0 Å². The summed E-state index contributed by atoms with van der Waals surface area (Å²) in [6, 6.07) is 3.26. The summed E-state index contributed by atoms with van der Waals surface area (Å²) in [7, 11) is 0. The normalized spacial score (nSPS) is 10.6. The van der Waals surface area contributed by atoms with E-state index in [1.54, 1.807) is 6.07 Å². The number of hydrogen-bond donors (Lipinski definition) is 3. The minimum absolute atomic E-state index is 0.107. The van der Waals surface area contributed by atoms with E-state index in [2.05, 4.69) is 12.6 Å². The number of rotatable bonds is 1. The Morgan fingerprint density at radius 3 is 2.86 bits per heavy atom. The lowest BCUT2D eigenvalue weighted by atomic mass is 10.1. The maximum Gasteiger partial charge on any atom is 0.339 e. The van der Waals surface area contributed by atoms with Crippen LogP contribution in [0.1, 0.15) is 10.4 Å². The maximum absolute atomic E-state index is 10.8. The second-order valence-corrected chi connectivity index (χ2v) is 4.15. The molecular weight excluding hydrogens is 220 g/mol. The number of aromatic hydroxyl groups is 1. The SMILES string of the molecule is O=C(O)c1cc2sccc2c(S)c1O. The van der Waals surface area contributed by atoms with Gasteiger partial charge in [-0.25, -0.2) is 4.79 Å². The van der Waals surface area contributed by atoms with Gasteiger partial charge < -0.3 is 10.2 Å². The van der Waals surface area contributed by atoms with E-state index in [4.69, 9.17) is 5.11 Å². The molecule has 0 aliphatic carbocycles. The van der Waals surface area contributed by atoms with Gasteiger partial charge in [-0.05, 0) is 17.5 Å². The van der Waals surface area contributed by atoms with Crippen LogP contribution in [-0.4, -0.2) is 16.2 Å². The zero-order chi connectivity index (χ0) is 10.3. The summed E-state index contributed by atoms with van der Waals surface area (Å²) >= 11 is 5.51. The Morgan fingerprint density at radius 1 is 1.50 bits per heavy atom. The molecule has 5 heteroatoms. The standard InChI is InChI=1S/C9H6O3S2/c10-7-5(9(11)12)3-6-4(8(7)13)1-2-14-6/h1-3,10,13H,(H,11,12). The number of carboxylic acid groups (broad SMARTS) is 1. The van der Waals surface area contributed by atoms with E-state index in [1.807, 2.05) is 5.38 Å². The summed E-state index contributed by atoms with van der Waals surface area (Å²) in [6.07, 6.45) is 0. The third kappa shape index (κ3) is 1.25. The van der Waals surface area contributed by atoms with Gasteiger partial charge in [-0.2, -0.15) is 0 Å². The molecule has 2 N–H and O–H groups in total. The largest absolute Gasteiger partial charge is 0.506 e. The number of aromatic carboxylic acids is 1. The second-order valence-electron chi connectivity index (χ2n) is 2.76. The van der Waals surface area contributed by atoms with Gasteiger partial charge in [0, 0.05) is 10.1 Å². The molecular formula is C9H6O3S2. The molecule has 1 aromatic heterocycles. The molecule has 0 saturated carbocycles. The summed E-state index contributed by atoms with van der Waals surface area (Å²) < 4.78 is 0.810. The summed E-state index contributed by atoms with van der Waals surface area (Å²) in [6.45, 7) is 0. The Labute approximate surface area is 89.0 Å². The second kappa shape index (κ2) is 3.18. The summed E-state index contributed by atoms with van der Waals surface area (Å²) in [4.78, 5) is 11.1. The van der Waals surface area contributed by atoms with Crippen molar-refractivity contribution in [2.45, 2.75) is 4.90 Å². The predicted octanol–water partition coefficient (Wildman–Crippen LogP) is 2.59. The molecule has 0 amide bonds. The van der Waals surface area contributed by atoms with E-state index < -0.39 is 5.97 Å². The van der Waals surface area contributed by atoms with Crippen LogP contribution in [0.4, 0.5) is 0 Å². The third-order valence-electron chi connectivity index (χ3n) is 1.94. The molecule has 0 bridgehead atoms. The first-order valence-corrected chi connectivity index (χ1v) is 5.09. The predicted molar refractivity (Wildman–Crippen MR) is 57.7 cm³/mol. The van der Waals surface area contributed by atoms with Crippen LogP contribution in [0.2, 0.25) is 0 Å². The van der Waals surface area contributed by atoms with E-state index in [0.717, 1.165) is 10.1 Å². The number of benzene rings is 1. The monoisotopic (exact) mass is 226 g/mol. The first-order chi connectivity index (χ1) is 6.61. The van der Waals surface area contributed by atoms with Crippen molar-refractivity contribution in [2.75, 3.05) is 0 Å². The zero-order valence-electron chi connectivity index (χ0n) is 6.89.